The van der Waals surface area contributed by atoms with Gasteiger partial charge >= 0.3 is 0 Å². The zero-order valence-electron chi connectivity index (χ0n) is 13.3. The van der Waals surface area contributed by atoms with Crippen LogP contribution in [0.1, 0.15) is 42.5 Å². The van der Waals surface area contributed by atoms with Crippen LogP contribution >= 0.6 is 0 Å². The number of nitrogens with zero attached hydrogens (tertiary/aromatic N) is 1. The van der Waals surface area contributed by atoms with Crippen molar-refractivity contribution in [2.24, 2.45) is 17.8 Å². The van der Waals surface area contributed by atoms with Gasteiger partial charge in [-0.2, -0.15) is 0 Å². The number of pyridine rings is 1. The first kappa shape index (κ1) is 13.4. The molecule has 0 spiro atoms. The quantitative estimate of drug-likeness (QED) is 0.826. The molecule has 1 aromatic carbocycles. The summed E-state index contributed by atoms with van der Waals surface area (Å²) in [6, 6.07) is 12.5. The number of fused-ring (bicyclic) bond motifs is 7. The lowest BCUT2D eigenvalue weighted by molar-refractivity contribution is 0.0535. The van der Waals surface area contributed by atoms with Crippen molar-refractivity contribution in [1.29, 1.82) is 0 Å². The van der Waals surface area contributed by atoms with Gasteiger partial charge in [-0.3, -0.25) is 4.98 Å². The van der Waals surface area contributed by atoms with Gasteiger partial charge in [0, 0.05) is 17.7 Å². The van der Waals surface area contributed by atoms with E-state index in [4.69, 9.17) is 9.47 Å². The lowest BCUT2D eigenvalue weighted by atomic mass is 9.70. The minimum absolute atomic E-state index is 0.0558. The maximum atomic E-state index is 6.52. The highest BCUT2D eigenvalue weighted by molar-refractivity contribution is 5.51. The Morgan fingerprint density at radius 1 is 1.09 bits per heavy atom. The van der Waals surface area contributed by atoms with Crippen molar-refractivity contribution in [3.63, 3.8) is 0 Å². The highest BCUT2D eigenvalue weighted by Crippen LogP contribution is 2.65. The van der Waals surface area contributed by atoms with E-state index in [2.05, 4.69) is 29.2 Å². The molecule has 118 valence electrons. The number of para-hydroxylation sites is 1. The molecule has 2 fully saturated rings. The Labute approximate surface area is 136 Å². The molecule has 5 atom stereocenters. The van der Waals surface area contributed by atoms with Crippen molar-refractivity contribution in [2.45, 2.75) is 31.3 Å². The summed E-state index contributed by atoms with van der Waals surface area (Å²) in [7, 11) is 1.72. The van der Waals surface area contributed by atoms with Crippen LogP contribution in [0.25, 0.3) is 0 Å². The summed E-state index contributed by atoms with van der Waals surface area (Å²) in [5.41, 5.74) is 2.42. The number of hydrogen-bond acceptors (Lipinski definition) is 3. The number of hydrogen-bond donors (Lipinski definition) is 0. The number of methoxy groups -OCH3 is 1. The first-order valence-electron chi connectivity index (χ1n) is 8.61. The molecule has 3 heteroatoms. The molecule has 0 amide bonds. The third-order valence-electron chi connectivity index (χ3n) is 6.14. The van der Waals surface area contributed by atoms with E-state index in [1.807, 2.05) is 18.3 Å². The molecule has 23 heavy (non-hydrogen) atoms. The fourth-order valence-corrected chi connectivity index (χ4v) is 5.32. The van der Waals surface area contributed by atoms with Gasteiger partial charge in [0.05, 0.1) is 12.8 Å². The molecule has 0 radical (unpaired) electrons. The minimum Gasteiger partial charge on any atom is -0.493 e. The van der Waals surface area contributed by atoms with Gasteiger partial charge in [0.15, 0.2) is 11.5 Å². The van der Waals surface area contributed by atoms with Crippen molar-refractivity contribution >= 4 is 0 Å². The predicted octanol–water partition coefficient (Wildman–Crippen LogP) is 4.35. The van der Waals surface area contributed by atoms with Crippen molar-refractivity contribution in [1.82, 2.24) is 4.98 Å². The average Bonchev–Trinajstić information content (AvgIpc) is 3.23. The summed E-state index contributed by atoms with van der Waals surface area (Å²) in [6.07, 6.45) is 5.98. The van der Waals surface area contributed by atoms with E-state index in [1.165, 1.54) is 24.8 Å². The second-order valence-electron chi connectivity index (χ2n) is 7.11. The Morgan fingerprint density at radius 2 is 2.00 bits per heavy atom. The molecular formula is C20H21NO2. The summed E-state index contributed by atoms with van der Waals surface area (Å²) in [5, 5.41) is 0. The Hall–Kier alpha value is -2.03. The Balaban J connectivity index is 1.67. The molecule has 0 N–H and O–H groups in total. The van der Waals surface area contributed by atoms with Crippen LogP contribution in [0.15, 0.2) is 42.6 Å². The summed E-state index contributed by atoms with van der Waals surface area (Å²) in [4.78, 5) is 4.61. The monoisotopic (exact) mass is 307 g/mol. The Bertz CT molecular complexity index is 730. The largest absolute Gasteiger partial charge is 0.493 e. The maximum Gasteiger partial charge on any atom is 0.165 e. The van der Waals surface area contributed by atoms with Gasteiger partial charge in [0.25, 0.3) is 0 Å². The van der Waals surface area contributed by atoms with Crippen LogP contribution in [0.3, 0.4) is 0 Å². The molecule has 2 aliphatic carbocycles. The van der Waals surface area contributed by atoms with E-state index in [1.54, 1.807) is 7.11 Å². The second kappa shape index (κ2) is 4.98. The molecule has 2 heterocycles. The summed E-state index contributed by atoms with van der Waals surface area (Å²) >= 11 is 0. The molecule has 1 aromatic heterocycles. The molecule has 2 saturated carbocycles. The van der Waals surface area contributed by atoms with Gasteiger partial charge < -0.3 is 9.47 Å². The minimum atomic E-state index is 0.0558. The third-order valence-corrected chi connectivity index (χ3v) is 6.14. The molecule has 5 rings (SSSR count). The Morgan fingerprint density at radius 3 is 2.83 bits per heavy atom. The van der Waals surface area contributed by atoms with Gasteiger partial charge in [-0.15, -0.1) is 0 Å². The van der Waals surface area contributed by atoms with Gasteiger partial charge in [-0.1, -0.05) is 18.2 Å². The fourth-order valence-electron chi connectivity index (χ4n) is 5.32. The van der Waals surface area contributed by atoms with E-state index in [-0.39, 0.29) is 6.10 Å². The maximum absolute atomic E-state index is 6.52. The zero-order valence-corrected chi connectivity index (χ0v) is 13.3. The summed E-state index contributed by atoms with van der Waals surface area (Å²) in [6.45, 7) is 0. The predicted molar refractivity (Wildman–Crippen MR) is 87.7 cm³/mol. The molecule has 1 aliphatic heterocycles. The van der Waals surface area contributed by atoms with E-state index in [0.717, 1.165) is 29.0 Å². The fraction of sp³-hybridized carbons (Fsp3) is 0.450. The molecule has 2 bridgehead atoms. The lowest BCUT2D eigenvalue weighted by Gasteiger charge is -2.42. The SMILES string of the molecule is COc1cccc2c1O[C@H](c1ccccn1)[C@@H]1[C@H]3CC[C@H](C3)[C@H]21. The molecule has 3 aliphatic rings. The number of aromatic nitrogens is 1. The molecule has 2 aromatic rings. The Kier molecular flexibility index (Phi) is 2.91. The van der Waals surface area contributed by atoms with Crippen LogP contribution in [0, 0.1) is 17.8 Å². The van der Waals surface area contributed by atoms with Crippen molar-refractivity contribution in [2.75, 3.05) is 7.11 Å². The standard InChI is InChI=1S/C20H21NO2/c1-22-16-7-4-5-14-17-12-8-9-13(11-12)18(17)20(23-19(14)16)15-6-2-3-10-21-15/h2-7,10,12-13,17-18,20H,8-9,11H2,1H3/t12-,13+,17-,18-,20-/m1/s1. The van der Waals surface area contributed by atoms with Crippen LogP contribution in [-0.4, -0.2) is 12.1 Å². The lowest BCUT2D eigenvalue weighted by Crippen LogP contribution is -2.34. The van der Waals surface area contributed by atoms with Crippen molar-refractivity contribution in [3.8, 4) is 11.5 Å². The first-order chi connectivity index (χ1) is 11.4. The zero-order chi connectivity index (χ0) is 15.4. The normalized spacial score (nSPS) is 33.7. The van der Waals surface area contributed by atoms with E-state index >= 15 is 0 Å². The van der Waals surface area contributed by atoms with Gasteiger partial charge in [0.2, 0.25) is 0 Å². The number of ether oxygens (including phenoxy) is 2. The van der Waals surface area contributed by atoms with Gasteiger partial charge in [-0.05, 0) is 55.2 Å². The van der Waals surface area contributed by atoms with Crippen LogP contribution in [0.5, 0.6) is 11.5 Å². The van der Waals surface area contributed by atoms with Gasteiger partial charge in [-0.25, -0.2) is 0 Å². The average molecular weight is 307 g/mol. The molecule has 0 saturated heterocycles. The van der Waals surface area contributed by atoms with Crippen molar-refractivity contribution in [3.05, 3.63) is 53.9 Å². The summed E-state index contributed by atoms with van der Waals surface area (Å²) < 4.78 is 12.1. The van der Waals surface area contributed by atoms with Gasteiger partial charge in [0.1, 0.15) is 6.10 Å². The number of benzene rings is 1. The topological polar surface area (TPSA) is 31.4 Å². The smallest absolute Gasteiger partial charge is 0.165 e. The molecule has 3 nitrogen and oxygen atoms in total. The van der Waals surface area contributed by atoms with Crippen molar-refractivity contribution < 1.29 is 9.47 Å². The molecular weight excluding hydrogens is 286 g/mol. The van der Waals surface area contributed by atoms with Crippen LogP contribution in [-0.2, 0) is 0 Å². The van der Waals surface area contributed by atoms with Crippen LogP contribution < -0.4 is 9.47 Å². The van der Waals surface area contributed by atoms with Crippen LogP contribution in [0.4, 0.5) is 0 Å². The summed E-state index contributed by atoms with van der Waals surface area (Å²) in [5.74, 6) is 4.52. The highest BCUT2D eigenvalue weighted by Gasteiger charge is 2.55. The van der Waals surface area contributed by atoms with E-state index < -0.39 is 0 Å². The van der Waals surface area contributed by atoms with Crippen LogP contribution in [0.2, 0.25) is 0 Å². The molecule has 0 unspecified atom stereocenters. The number of rotatable bonds is 2. The second-order valence-corrected chi connectivity index (χ2v) is 7.11. The van der Waals surface area contributed by atoms with E-state index in [0.29, 0.717) is 11.8 Å². The third kappa shape index (κ3) is 1.85. The van der Waals surface area contributed by atoms with E-state index in [9.17, 15) is 0 Å². The first-order valence-corrected chi connectivity index (χ1v) is 8.61. The highest BCUT2D eigenvalue weighted by atomic mass is 16.5.